The van der Waals surface area contributed by atoms with Gasteiger partial charge < -0.3 is 4.74 Å². The summed E-state index contributed by atoms with van der Waals surface area (Å²) < 4.78 is 28.9. The summed E-state index contributed by atoms with van der Waals surface area (Å²) in [6.45, 7) is 4.53. The van der Waals surface area contributed by atoms with E-state index in [-0.39, 0.29) is 12.4 Å². The van der Waals surface area contributed by atoms with Gasteiger partial charge in [0.2, 0.25) is 6.43 Å². The van der Waals surface area contributed by atoms with Gasteiger partial charge in [-0.1, -0.05) is 20.3 Å². The van der Waals surface area contributed by atoms with Gasteiger partial charge in [0.25, 0.3) is 0 Å². The van der Waals surface area contributed by atoms with Gasteiger partial charge in [-0.2, -0.15) is 11.8 Å². The first-order chi connectivity index (χ1) is 9.06. The number of esters is 1. The highest BCUT2D eigenvalue weighted by Crippen LogP contribution is 2.17. The maximum atomic E-state index is 12.0. The molecule has 0 saturated carbocycles. The van der Waals surface area contributed by atoms with Gasteiger partial charge >= 0.3 is 5.97 Å². The van der Waals surface area contributed by atoms with Crippen molar-refractivity contribution in [1.29, 1.82) is 0 Å². The molecular formula is C14H26F2O2S. The van der Waals surface area contributed by atoms with E-state index in [0.717, 1.165) is 30.8 Å². The molecule has 0 spiro atoms. The highest BCUT2D eigenvalue weighted by molar-refractivity contribution is 7.99. The fourth-order valence-electron chi connectivity index (χ4n) is 1.64. The molecule has 0 aromatic rings. The summed E-state index contributed by atoms with van der Waals surface area (Å²) in [5.41, 5.74) is 0. The Bertz CT molecular complexity index is 225. The van der Waals surface area contributed by atoms with Gasteiger partial charge in [-0.15, -0.1) is 0 Å². The van der Waals surface area contributed by atoms with Crippen molar-refractivity contribution in [2.45, 2.75) is 58.8 Å². The first-order valence-electron chi connectivity index (χ1n) is 7.07. The van der Waals surface area contributed by atoms with E-state index in [1.165, 1.54) is 0 Å². The zero-order valence-corrected chi connectivity index (χ0v) is 12.8. The minimum absolute atomic E-state index is 0.0187. The van der Waals surface area contributed by atoms with Crippen LogP contribution in [0.25, 0.3) is 0 Å². The molecule has 0 aromatic heterocycles. The Labute approximate surface area is 119 Å². The summed E-state index contributed by atoms with van der Waals surface area (Å²) >= 11 is 1.76. The first kappa shape index (κ1) is 18.7. The molecule has 1 unspecified atom stereocenters. The molecule has 0 amide bonds. The van der Waals surface area contributed by atoms with E-state index < -0.39 is 6.43 Å². The zero-order valence-electron chi connectivity index (χ0n) is 12.0. The lowest BCUT2D eigenvalue weighted by atomic mass is 10.0. The lowest BCUT2D eigenvalue weighted by Gasteiger charge is -2.10. The van der Waals surface area contributed by atoms with E-state index in [1.54, 1.807) is 11.8 Å². The molecule has 0 aliphatic rings. The fraction of sp³-hybridized carbons (Fsp3) is 0.929. The van der Waals surface area contributed by atoms with Crippen molar-refractivity contribution in [3.8, 4) is 0 Å². The lowest BCUT2D eigenvalue weighted by molar-refractivity contribution is -0.143. The molecule has 0 aliphatic carbocycles. The molecule has 0 heterocycles. The third kappa shape index (κ3) is 13.9. The Morgan fingerprint density at radius 1 is 1.21 bits per heavy atom. The van der Waals surface area contributed by atoms with E-state index in [2.05, 4.69) is 6.92 Å². The average Bonchev–Trinajstić information content (AvgIpc) is 2.33. The van der Waals surface area contributed by atoms with Gasteiger partial charge in [0.05, 0.1) is 0 Å². The maximum absolute atomic E-state index is 12.0. The topological polar surface area (TPSA) is 26.3 Å². The molecule has 114 valence electrons. The molecular weight excluding hydrogens is 270 g/mol. The number of ether oxygens (including phenoxy) is 1. The summed E-state index contributed by atoms with van der Waals surface area (Å²) in [4.78, 5) is 11.1. The van der Waals surface area contributed by atoms with Gasteiger partial charge in [0, 0.05) is 18.6 Å². The van der Waals surface area contributed by atoms with Crippen molar-refractivity contribution in [2.24, 2.45) is 5.92 Å². The zero-order chi connectivity index (χ0) is 14.5. The number of carbonyl (C=O) groups is 1. The Hall–Kier alpha value is -0.320. The average molecular weight is 296 g/mol. The van der Waals surface area contributed by atoms with Crippen LogP contribution in [0, 0.1) is 5.92 Å². The number of alkyl halides is 2. The van der Waals surface area contributed by atoms with Crippen LogP contribution in [0.3, 0.4) is 0 Å². The van der Waals surface area contributed by atoms with Crippen LogP contribution in [0.2, 0.25) is 0 Å². The quantitative estimate of drug-likeness (QED) is 0.391. The molecule has 0 aromatic carbocycles. The monoisotopic (exact) mass is 296 g/mol. The van der Waals surface area contributed by atoms with Crippen LogP contribution in [0.15, 0.2) is 0 Å². The Balaban J connectivity index is 3.27. The second kappa shape index (κ2) is 12.7. The Kier molecular flexibility index (Phi) is 12.5. The molecule has 0 aliphatic heterocycles. The third-order valence-electron chi connectivity index (χ3n) is 2.82. The van der Waals surface area contributed by atoms with Crippen molar-refractivity contribution >= 4 is 17.7 Å². The minimum atomic E-state index is -2.17. The van der Waals surface area contributed by atoms with Gasteiger partial charge in [-0.25, -0.2) is 8.78 Å². The normalized spacial score (nSPS) is 12.7. The predicted molar refractivity (Wildman–Crippen MR) is 76.8 cm³/mol. The first-order valence-corrected chi connectivity index (χ1v) is 8.23. The fourth-order valence-corrected chi connectivity index (χ4v) is 2.62. The predicted octanol–water partition coefficient (Wildman–Crippen LogP) is 4.52. The highest BCUT2D eigenvalue weighted by Gasteiger charge is 2.06. The second-order valence-electron chi connectivity index (χ2n) is 4.80. The molecule has 1 atom stereocenters. The number of halogens is 2. The van der Waals surface area contributed by atoms with E-state index >= 15 is 0 Å². The van der Waals surface area contributed by atoms with Gasteiger partial charge in [0.15, 0.2) is 0 Å². The standard InChI is InChI=1S/C14H26F2O2S/c1-3-5-14(17)18-9-11-19-10-8-12(2)6-4-7-13(15)16/h12-13H,3-11H2,1-2H3. The van der Waals surface area contributed by atoms with E-state index in [9.17, 15) is 13.6 Å². The molecule has 0 radical (unpaired) electrons. The van der Waals surface area contributed by atoms with Gasteiger partial charge in [-0.3, -0.25) is 4.79 Å². The van der Waals surface area contributed by atoms with Crippen LogP contribution in [0.1, 0.15) is 52.4 Å². The van der Waals surface area contributed by atoms with Gasteiger partial charge in [0.1, 0.15) is 6.61 Å². The molecule has 0 bridgehead atoms. The largest absolute Gasteiger partial charge is 0.465 e. The van der Waals surface area contributed by atoms with E-state index in [4.69, 9.17) is 4.74 Å². The van der Waals surface area contributed by atoms with Crippen LogP contribution in [-0.4, -0.2) is 30.5 Å². The number of carbonyl (C=O) groups excluding carboxylic acids is 1. The van der Waals surface area contributed by atoms with Crippen molar-refractivity contribution in [3.05, 3.63) is 0 Å². The summed E-state index contributed by atoms with van der Waals surface area (Å²) in [5, 5.41) is 0. The molecule has 2 nitrogen and oxygen atoms in total. The van der Waals surface area contributed by atoms with Crippen LogP contribution < -0.4 is 0 Å². The third-order valence-corrected chi connectivity index (χ3v) is 3.80. The number of rotatable bonds is 12. The molecule has 0 fully saturated rings. The summed E-state index contributed by atoms with van der Waals surface area (Å²) in [7, 11) is 0. The van der Waals surface area contributed by atoms with Gasteiger partial charge in [-0.05, 0) is 30.9 Å². The summed E-state index contributed by atoms with van der Waals surface area (Å²) in [5.74, 6) is 2.19. The number of thioether (sulfide) groups is 1. The van der Waals surface area contributed by atoms with Crippen LogP contribution in [0.5, 0.6) is 0 Å². The molecule has 0 saturated heterocycles. The van der Waals surface area contributed by atoms with Crippen molar-refractivity contribution in [3.63, 3.8) is 0 Å². The minimum Gasteiger partial charge on any atom is -0.465 e. The SMILES string of the molecule is CCCC(=O)OCCSCCC(C)CCCC(F)F. The lowest BCUT2D eigenvalue weighted by Crippen LogP contribution is -2.07. The summed E-state index contributed by atoms with van der Waals surface area (Å²) in [6.07, 6.45) is 1.68. The van der Waals surface area contributed by atoms with Crippen molar-refractivity contribution < 1.29 is 18.3 Å². The van der Waals surface area contributed by atoms with Crippen LogP contribution in [-0.2, 0) is 9.53 Å². The summed E-state index contributed by atoms with van der Waals surface area (Å²) in [6, 6.07) is 0. The smallest absolute Gasteiger partial charge is 0.305 e. The van der Waals surface area contributed by atoms with Crippen LogP contribution in [0.4, 0.5) is 8.78 Å². The Morgan fingerprint density at radius 3 is 2.58 bits per heavy atom. The molecule has 0 N–H and O–H groups in total. The molecule has 0 rings (SSSR count). The van der Waals surface area contributed by atoms with E-state index in [1.807, 2.05) is 6.92 Å². The Morgan fingerprint density at radius 2 is 1.95 bits per heavy atom. The van der Waals surface area contributed by atoms with Crippen LogP contribution >= 0.6 is 11.8 Å². The molecule has 5 heteroatoms. The number of hydrogen-bond acceptors (Lipinski definition) is 3. The highest BCUT2D eigenvalue weighted by atomic mass is 32.2. The molecule has 19 heavy (non-hydrogen) atoms. The number of hydrogen-bond donors (Lipinski definition) is 0. The van der Waals surface area contributed by atoms with E-state index in [0.29, 0.717) is 25.4 Å². The maximum Gasteiger partial charge on any atom is 0.305 e. The van der Waals surface area contributed by atoms with Crippen molar-refractivity contribution in [1.82, 2.24) is 0 Å². The second-order valence-corrected chi connectivity index (χ2v) is 6.02. The van der Waals surface area contributed by atoms with Crippen molar-refractivity contribution in [2.75, 3.05) is 18.1 Å².